The van der Waals surface area contributed by atoms with Gasteiger partial charge in [-0.1, -0.05) is 13.8 Å². The van der Waals surface area contributed by atoms with Gasteiger partial charge in [-0.05, 0) is 26.2 Å². The highest BCUT2D eigenvalue weighted by molar-refractivity contribution is 5.41. The van der Waals surface area contributed by atoms with Crippen molar-refractivity contribution in [2.45, 2.75) is 34.1 Å². The summed E-state index contributed by atoms with van der Waals surface area (Å²) in [7, 11) is 0. The molecule has 3 N–H and O–H groups in total. The lowest BCUT2D eigenvalue weighted by atomic mass is 10.2. The van der Waals surface area contributed by atoms with E-state index in [4.69, 9.17) is 10.5 Å². The quantitative estimate of drug-likeness (QED) is 0.636. The molecule has 1 aromatic rings. The van der Waals surface area contributed by atoms with Crippen LogP contribution in [-0.2, 0) is 4.74 Å². The van der Waals surface area contributed by atoms with E-state index in [0.717, 1.165) is 39.3 Å². The summed E-state index contributed by atoms with van der Waals surface area (Å²) in [5, 5.41) is 3.17. The van der Waals surface area contributed by atoms with Crippen LogP contribution in [0.15, 0.2) is 0 Å². The van der Waals surface area contributed by atoms with Gasteiger partial charge in [0.1, 0.15) is 0 Å². The predicted molar refractivity (Wildman–Crippen MR) is 86.6 cm³/mol. The topological polar surface area (TPSA) is 89.2 Å². The first-order valence-electron chi connectivity index (χ1n) is 7.64. The zero-order chi connectivity index (χ0) is 15.7. The Bertz CT molecular complexity index is 408. The Morgan fingerprint density at radius 1 is 1.19 bits per heavy atom. The third-order valence-electron chi connectivity index (χ3n) is 2.89. The van der Waals surface area contributed by atoms with Crippen LogP contribution in [0.3, 0.4) is 0 Å². The first-order valence-corrected chi connectivity index (χ1v) is 7.64. The molecule has 7 nitrogen and oxygen atoms in total. The minimum absolute atomic E-state index is 0.241. The number of nitrogens with zero attached hydrogens (tertiary/aromatic N) is 4. The molecular weight excluding hydrogens is 268 g/mol. The van der Waals surface area contributed by atoms with Gasteiger partial charge in [0, 0.05) is 32.8 Å². The molecule has 0 aliphatic heterocycles. The molecule has 21 heavy (non-hydrogen) atoms. The number of hydrogen-bond acceptors (Lipinski definition) is 7. The zero-order valence-electron chi connectivity index (χ0n) is 13.6. The molecule has 0 saturated heterocycles. The van der Waals surface area contributed by atoms with Crippen LogP contribution >= 0.6 is 0 Å². The van der Waals surface area contributed by atoms with E-state index in [2.05, 4.69) is 48.0 Å². The van der Waals surface area contributed by atoms with Crippen LogP contribution in [0.4, 0.5) is 17.8 Å². The third kappa shape index (κ3) is 6.57. The Kier molecular flexibility index (Phi) is 7.74. The standard InChI is InChI=1S/C14H28N6O/c1-5-20(6-2)14-18-12(15)17-13(19-14)16-8-7-9-21-10-11(3)4/h11H,5-10H2,1-4H3,(H3,15,16,17,18,19). The minimum atomic E-state index is 0.241. The lowest BCUT2D eigenvalue weighted by Crippen LogP contribution is -2.25. The van der Waals surface area contributed by atoms with Gasteiger partial charge in [-0.15, -0.1) is 0 Å². The molecule has 0 aromatic carbocycles. The number of ether oxygens (including phenoxy) is 1. The Morgan fingerprint density at radius 3 is 2.52 bits per heavy atom. The molecule has 1 aromatic heterocycles. The average molecular weight is 296 g/mol. The van der Waals surface area contributed by atoms with Gasteiger partial charge in [-0.25, -0.2) is 0 Å². The van der Waals surface area contributed by atoms with Crippen molar-refractivity contribution in [1.29, 1.82) is 0 Å². The fourth-order valence-electron chi connectivity index (χ4n) is 1.80. The molecule has 1 rings (SSSR count). The normalized spacial score (nSPS) is 10.9. The second-order valence-corrected chi connectivity index (χ2v) is 5.24. The van der Waals surface area contributed by atoms with E-state index in [-0.39, 0.29) is 5.95 Å². The minimum Gasteiger partial charge on any atom is -0.381 e. The van der Waals surface area contributed by atoms with E-state index in [1.54, 1.807) is 0 Å². The van der Waals surface area contributed by atoms with Crippen molar-refractivity contribution in [1.82, 2.24) is 15.0 Å². The van der Waals surface area contributed by atoms with Gasteiger partial charge >= 0.3 is 0 Å². The van der Waals surface area contributed by atoms with Crippen LogP contribution in [0.25, 0.3) is 0 Å². The van der Waals surface area contributed by atoms with Crippen molar-refractivity contribution >= 4 is 17.8 Å². The highest BCUT2D eigenvalue weighted by atomic mass is 16.5. The van der Waals surface area contributed by atoms with Gasteiger partial charge < -0.3 is 20.7 Å². The largest absolute Gasteiger partial charge is 0.381 e. The lowest BCUT2D eigenvalue weighted by molar-refractivity contribution is 0.110. The van der Waals surface area contributed by atoms with E-state index in [1.807, 2.05) is 4.90 Å². The van der Waals surface area contributed by atoms with Crippen molar-refractivity contribution in [2.75, 3.05) is 48.8 Å². The Balaban J connectivity index is 2.44. The molecule has 7 heteroatoms. The number of aromatic nitrogens is 3. The van der Waals surface area contributed by atoms with E-state index in [9.17, 15) is 0 Å². The molecule has 0 unspecified atom stereocenters. The fraction of sp³-hybridized carbons (Fsp3) is 0.786. The van der Waals surface area contributed by atoms with E-state index < -0.39 is 0 Å². The van der Waals surface area contributed by atoms with Crippen molar-refractivity contribution in [2.24, 2.45) is 5.92 Å². The van der Waals surface area contributed by atoms with Gasteiger partial charge in [-0.3, -0.25) is 0 Å². The van der Waals surface area contributed by atoms with Crippen molar-refractivity contribution < 1.29 is 4.74 Å². The summed E-state index contributed by atoms with van der Waals surface area (Å²) in [6, 6.07) is 0. The van der Waals surface area contributed by atoms with Gasteiger partial charge in [0.15, 0.2) is 0 Å². The molecule has 0 saturated carbocycles. The summed E-state index contributed by atoms with van der Waals surface area (Å²) in [5.41, 5.74) is 5.74. The van der Waals surface area contributed by atoms with Crippen molar-refractivity contribution in [3.63, 3.8) is 0 Å². The summed E-state index contributed by atoms with van der Waals surface area (Å²) < 4.78 is 5.53. The van der Waals surface area contributed by atoms with Gasteiger partial charge in [-0.2, -0.15) is 15.0 Å². The average Bonchev–Trinajstić information content (AvgIpc) is 2.43. The fourth-order valence-corrected chi connectivity index (χ4v) is 1.80. The van der Waals surface area contributed by atoms with Crippen LogP contribution in [0, 0.1) is 5.92 Å². The maximum absolute atomic E-state index is 5.74. The zero-order valence-corrected chi connectivity index (χ0v) is 13.6. The number of nitrogens with two attached hydrogens (primary N) is 1. The predicted octanol–water partition coefficient (Wildman–Crippen LogP) is 1.77. The second kappa shape index (κ2) is 9.33. The molecule has 0 aliphatic carbocycles. The maximum atomic E-state index is 5.74. The number of nitrogens with one attached hydrogen (secondary N) is 1. The van der Waals surface area contributed by atoms with Crippen LogP contribution in [0.2, 0.25) is 0 Å². The van der Waals surface area contributed by atoms with Gasteiger partial charge in [0.05, 0.1) is 0 Å². The molecule has 0 amide bonds. The van der Waals surface area contributed by atoms with E-state index in [0.29, 0.717) is 17.8 Å². The molecule has 120 valence electrons. The first kappa shape index (κ1) is 17.4. The molecule has 0 radical (unpaired) electrons. The molecular formula is C14H28N6O. The van der Waals surface area contributed by atoms with Crippen LogP contribution in [-0.4, -0.2) is 47.8 Å². The highest BCUT2D eigenvalue weighted by Crippen LogP contribution is 2.11. The van der Waals surface area contributed by atoms with Crippen LogP contribution in [0.1, 0.15) is 34.1 Å². The second-order valence-electron chi connectivity index (χ2n) is 5.24. The monoisotopic (exact) mass is 296 g/mol. The summed E-state index contributed by atoms with van der Waals surface area (Å²) in [6.07, 6.45) is 0.902. The first-order chi connectivity index (χ1) is 10.1. The Labute approximate surface area is 127 Å². The molecule has 0 fully saturated rings. The molecule has 0 bridgehead atoms. The summed E-state index contributed by atoms with van der Waals surface area (Å²) >= 11 is 0. The number of hydrogen-bond donors (Lipinski definition) is 2. The number of nitrogen functional groups attached to an aromatic ring is 1. The smallest absolute Gasteiger partial charge is 0.231 e. The summed E-state index contributed by atoms with van der Waals surface area (Å²) in [5.74, 6) is 1.95. The number of rotatable bonds is 10. The summed E-state index contributed by atoms with van der Waals surface area (Å²) in [4.78, 5) is 14.7. The van der Waals surface area contributed by atoms with Gasteiger partial charge in [0.25, 0.3) is 0 Å². The van der Waals surface area contributed by atoms with Crippen molar-refractivity contribution in [3.8, 4) is 0 Å². The Hall–Kier alpha value is -1.63. The highest BCUT2D eigenvalue weighted by Gasteiger charge is 2.09. The number of anilines is 3. The van der Waals surface area contributed by atoms with Crippen molar-refractivity contribution in [3.05, 3.63) is 0 Å². The maximum Gasteiger partial charge on any atom is 0.231 e. The van der Waals surface area contributed by atoms with E-state index in [1.165, 1.54) is 0 Å². The van der Waals surface area contributed by atoms with Gasteiger partial charge in [0.2, 0.25) is 17.8 Å². The molecule has 0 atom stereocenters. The van der Waals surface area contributed by atoms with Crippen LogP contribution < -0.4 is 16.0 Å². The lowest BCUT2D eigenvalue weighted by Gasteiger charge is -2.19. The molecule has 1 heterocycles. The molecule has 0 spiro atoms. The van der Waals surface area contributed by atoms with Crippen LogP contribution in [0.5, 0.6) is 0 Å². The van der Waals surface area contributed by atoms with E-state index >= 15 is 0 Å². The summed E-state index contributed by atoms with van der Waals surface area (Å²) in [6.45, 7) is 12.3. The molecule has 0 aliphatic rings. The SMILES string of the molecule is CCN(CC)c1nc(N)nc(NCCCOCC(C)C)n1. The third-order valence-corrected chi connectivity index (χ3v) is 2.89. The Morgan fingerprint density at radius 2 is 1.90 bits per heavy atom.